The van der Waals surface area contributed by atoms with Gasteiger partial charge in [-0.2, -0.15) is 5.10 Å². The minimum Gasteiger partial charge on any atom is -0.390 e. The Morgan fingerprint density at radius 3 is 2.74 bits per heavy atom. The normalized spacial score (nSPS) is 20.3. The van der Waals surface area contributed by atoms with E-state index in [1.165, 1.54) is 32.4 Å². The van der Waals surface area contributed by atoms with E-state index >= 15 is 0 Å². The molecule has 0 spiro atoms. The zero-order chi connectivity index (χ0) is 13.5. The molecule has 0 amide bonds. The molecule has 1 saturated heterocycles. The van der Waals surface area contributed by atoms with Crippen molar-refractivity contribution in [2.45, 2.75) is 44.9 Å². The Morgan fingerprint density at radius 2 is 2.05 bits per heavy atom. The maximum atomic E-state index is 9.91. The van der Waals surface area contributed by atoms with Gasteiger partial charge in [0.25, 0.3) is 0 Å². The van der Waals surface area contributed by atoms with Gasteiger partial charge in [0, 0.05) is 31.5 Å². The summed E-state index contributed by atoms with van der Waals surface area (Å²) in [7, 11) is 0. The topological polar surface area (TPSA) is 53.3 Å². The molecular formula is C14H26N4O. The van der Waals surface area contributed by atoms with E-state index in [0.29, 0.717) is 19.1 Å². The van der Waals surface area contributed by atoms with Gasteiger partial charge in [0.2, 0.25) is 0 Å². The summed E-state index contributed by atoms with van der Waals surface area (Å²) < 4.78 is 1.76. The summed E-state index contributed by atoms with van der Waals surface area (Å²) in [6, 6.07) is 2.43. The van der Waals surface area contributed by atoms with E-state index < -0.39 is 0 Å². The Labute approximate surface area is 115 Å². The first-order valence-corrected chi connectivity index (χ1v) is 7.36. The lowest BCUT2D eigenvalue weighted by molar-refractivity contribution is 0.135. The molecule has 5 heteroatoms. The summed E-state index contributed by atoms with van der Waals surface area (Å²) in [5.74, 6) is 0. The summed E-state index contributed by atoms with van der Waals surface area (Å²) in [4.78, 5) is 2.54. The van der Waals surface area contributed by atoms with Crippen LogP contribution in [0.4, 0.5) is 0 Å². The van der Waals surface area contributed by atoms with Gasteiger partial charge in [-0.15, -0.1) is 0 Å². The minimum absolute atomic E-state index is 0.381. The molecule has 1 aliphatic rings. The Morgan fingerprint density at radius 1 is 1.26 bits per heavy atom. The fourth-order valence-corrected chi connectivity index (χ4v) is 2.64. The number of aliphatic hydroxyl groups is 1. The largest absolute Gasteiger partial charge is 0.390 e. The van der Waals surface area contributed by atoms with Crippen LogP contribution in [0.2, 0.25) is 0 Å². The summed E-state index contributed by atoms with van der Waals surface area (Å²) in [5.41, 5.74) is 0. The van der Waals surface area contributed by atoms with Crippen molar-refractivity contribution in [3.05, 3.63) is 18.5 Å². The fraction of sp³-hybridized carbons (Fsp3) is 0.786. The highest BCUT2D eigenvalue weighted by atomic mass is 16.3. The number of rotatable bonds is 7. The smallest absolute Gasteiger partial charge is 0.0860 e. The number of hydrogen-bond acceptors (Lipinski definition) is 4. The zero-order valence-electron chi connectivity index (χ0n) is 11.8. The summed E-state index contributed by atoms with van der Waals surface area (Å²) in [6.45, 7) is 6.82. The molecule has 0 bridgehead atoms. The van der Waals surface area contributed by atoms with Crippen molar-refractivity contribution in [3.63, 3.8) is 0 Å². The molecule has 0 radical (unpaired) electrons. The first-order chi connectivity index (χ1) is 9.25. The summed E-state index contributed by atoms with van der Waals surface area (Å²) in [6.07, 6.45) is 7.25. The molecule has 108 valence electrons. The van der Waals surface area contributed by atoms with Gasteiger partial charge in [0.05, 0.1) is 12.6 Å². The Hall–Kier alpha value is -0.910. The van der Waals surface area contributed by atoms with E-state index in [-0.39, 0.29) is 6.10 Å². The molecule has 2 atom stereocenters. The van der Waals surface area contributed by atoms with Crippen LogP contribution < -0.4 is 5.32 Å². The number of hydrogen-bond donors (Lipinski definition) is 2. The molecular weight excluding hydrogens is 240 g/mol. The predicted molar refractivity (Wildman–Crippen MR) is 76.0 cm³/mol. The monoisotopic (exact) mass is 266 g/mol. The van der Waals surface area contributed by atoms with Crippen molar-refractivity contribution in [2.75, 3.05) is 26.2 Å². The number of aromatic nitrogens is 2. The molecule has 1 aromatic heterocycles. The Balaban J connectivity index is 1.59. The molecule has 0 aliphatic carbocycles. The van der Waals surface area contributed by atoms with Crippen LogP contribution in [0, 0.1) is 0 Å². The SMILES string of the molecule is CC(CNCC(O)Cn1cccn1)N1CCCCC1. The number of nitrogens with zero attached hydrogens (tertiary/aromatic N) is 3. The molecule has 1 aliphatic heterocycles. The average Bonchev–Trinajstić information content (AvgIpc) is 2.92. The summed E-state index contributed by atoms with van der Waals surface area (Å²) in [5, 5.41) is 17.4. The van der Waals surface area contributed by atoms with E-state index in [2.05, 4.69) is 22.2 Å². The second-order valence-corrected chi connectivity index (χ2v) is 5.49. The molecule has 2 unspecified atom stereocenters. The van der Waals surface area contributed by atoms with Crippen LogP contribution in [0.15, 0.2) is 18.5 Å². The van der Waals surface area contributed by atoms with Crippen molar-refractivity contribution >= 4 is 0 Å². The maximum Gasteiger partial charge on any atom is 0.0860 e. The van der Waals surface area contributed by atoms with E-state index in [1.807, 2.05) is 12.3 Å². The first-order valence-electron chi connectivity index (χ1n) is 7.36. The lowest BCUT2D eigenvalue weighted by atomic mass is 10.1. The molecule has 0 aromatic carbocycles. The highest BCUT2D eigenvalue weighted by molar-refractivity contribution is 4.79. The van der Waals surface area contributed by atoms with E-state index in [1.54, 1.807) is 10.9 Å². The second-order valence-electron chi connectivity index (χ2n) is 5.49. The van der Waals surface area contributed by atoms with E-state index in [4.69, 9.17) is 0 Å². The van der Waals surface area contributed by atoms with Crippen LogP contribution in [-0.2, 0) is 6.54 Å². The first kappa shape index (κ1) is 14.5. The third-order valence-corrected chi connectivity index (χ3v) is 3.79. The van der Waals surface area contributed by atoms with E-state index in [9.17, 15) is 5.11 Å². The molecule has 2 rings (SSSR count). The molecule has 2 heterocycles. The highest BCUT2D eigenvalue weighted by Gasteiger charge is 2.16. The maximum absolute atomic E-state index is 9.91. The number of aliphatic hydroxyl groups excluding tert-OH is 1. The van der Waals surface area contributed by atoms with Crippen LogP contribution in [0.1, 0.15) is 26.2 Å². The van der Waals surface area contributed by atoms with Crippen molar-refractivity contribution < 1.29 is 5.11 Å². The molecule has 5 nitrogen and oxygen atoms in total. The highest BCUT2D eigenvalue weighted by Crippen LogP contribution is 2.11. The molecule has 2 N–H and O–H groups in total. The van der Waals surface area contributed by atoms with Gasteiger partial charge in [-0.1, -0.05) is 6.42 Å². The molecule has 1 fully saturated rings. The second kappa shape index (κ2) is 7.62. The van der Waals surface area contributed by atoms with Gasteiger partial charge in [0.15, 0.2) is 0 Å². The number of nitrogens with one attached hydrogen (secondary N) is 1. The van der Waals surface area contributed by atoms with Crippen molar-refractivity contribution in [1.82, 2.24) is 20.0 Å². The van der Waals surface area contributed by atoms with Crippen molar-refractivity contribution in [3.8, 4) is 0 Å². The van der Waals surface area contributed by atoms with Crippen LogP contribution in [-0.4, -0.2) is 58.1 Å². The third kappa shape index (κ3) is 4.93. The average molecular weight is 266 g/mol. The number of likely N-dealkylation sites (tertiary alicyclic amines) is 1. The van der Waals surface area contributed by atoms with Crippen molar-refractivity contribution in [2.24, 2.45) is 0 Å². The van der Waals surface area contributed by atoms with Crippen LogP contribution in [0.3, 0.4) is 0 Å². The standard InChI is InChI=1S/C14H26N4O/c1-13(17-7-3-2-4-8-17)10-15-11-14(19)12-18-9-5-6-16-18/h5-6,9,13-15,19H,2-4,7-8,10-12H2,1H3. The van der Waals surface area contributed by atoms with E-state index in [0.717, 1.165) is 6.54 Å². The Kier molecular flexibility index (Phi) is 5.82. The van der Waals surface area contributed by atoms with Gasteiger partial charge in [-0.25, -0.2) is 0 Å². The molecule has 19 heavy (non-hydrogen) atoms. The van der Waals surface area contributed by atoms with Crippen LogP contribution in [0.25, 0.3) is 0 Å². The van der Waals surface area contributed by atoms with Crippen LogP contribution >= 0.6 is 0 Å². The third-order valence-electron chi connectivity index (χ3n) is 3.79. The summed E-state index contributed by atoms with van der Waals surface area (Å²) >= 11 is 0. The van der Waals surface area contributed by atoms with Gasteiger partial charge < -0.3 is 10.4 Å². The van der Waals surface area contributed by atoms with Crippen LogP contribution in [0.5, 0.6) is 0 Å². The lowest BCUT2D eigenvalue weighted by Crippen LogP contribution is -2.44. The van der Waals surface area contributed by atoms with Gasteiger partial charge in [-0.3, -0.25) is 9.58 Å². The number of piperidine rings is 1. The minimum atomic E-state index is -0.381. The van der Waals surface area contributed by atoms with Gasteiger partial charge >= 0.3 is 0 Å². The van der Waals surface area contributed by atoms with Gasteiger partial charge in [0.1, 0.15) is 0 Å². The molecule has 1 aromatic rings. The fourth-order valence-electron chi connectivity index (χ4n) is 2.64. The van der Waals surface area contributed by atoms with Gasteiger partial charge in [-0.05, 0) is 38.9 Å². The predicted octanol–water partition coefficient (Wildman–Crippen LogP) is 0.708. The lowest BCUT2D eigenvalue weighted by Gasteiger charge is -2.32. The van der Waals surface area contributed by atoms with Crippen molar-refractivity contribution in [1.29, 1.82) is 0 Å². The molecule has 0 saturated carbocycles. The quantitative estimate of drug-likeness (QED) is 0.763. The Bertz CT molecular complexity index is 335. The zero-order valence-corrected chi connectivity index (χ0v) is 11.8.